The Bertz CT molecular complexity index is 355. The number of aliphatic hydroxyl groups excluding tert-OH is 1. The molecule has 1 aliphatic rings. The highest BCUT2D eigenvalue weighted by molar-refractivity contribution is 5.14. The summed E-state index contributed by atoms with van der Waals surface area (Å²) in [5, 5.41) is 9.98. The minimum absolute atomic E-state index is 0.287. The third-order valence-corrected chi connectivity index (χ3v) is 2.60. The lowest BCUT2D eigenvalue weighted by Gasteiger charge is -2.26. The molecule has 0 spiro atoms. The summed E-state index contributed by atoms with van der Waals surface area (Å²) in [6.07, 6.45) is 0.895. The Hall–Kier alpha value is -1.24. The normalized spacial score (nSPS) is 22.1. The highest BCUT2D eigenvalue weighted by atomic mass is 16.6. The lowest BCUT2D eigenvalue weighted by Crippen LogP contribution is -2.39. The highest BCUT2D eigenvalue weighted by Gasteiger charge is 2.23. The van der Waals surface area contributed by atoms with E-state index in [2.05, 4.69) is 9.97 Å². The van der Waals surface area contributed by atoms with Crippen molar-refractivity contribution in [1.29, 1.82) is 0 Å². The summed E-state index contributed by atoms with van der Waals surface area (Å²) in [6, 6.07) is 1.70. The molecule has 1 aromatic heterocycles. The number of hydrogen-bond acceptors (Lipinski definition) is 6. The molecule has 0 aromatic carbocycles. The summed E-state index contributed by atoms with van der Waals surface area (Å²) in [6.45, 7) is 1.53. The molecular formula is C11H16N2O4. The number of rotatable bonds is 4. The van der Waals surface area contributed by atoms with Gasteiger partial charge in [0.2, 0.25) is 5.88 Å². The van der Waals surface area contributed by atoms with Crippen molar-refractivity contribution in [3.05, 3.63) is 18.1 Å². The van der Waals surface area contributed by atoms with Crippen LogP contribution in [0.3, 0.4) is 0 Å². The standard InChI is InChI=1S/C11H16N2O4/c1-15-11-5-8(12-7-13-11)4-9(14)10-6-16-2-3-17-10/h5,7,9-10,14H,2-4,6H2,1H3. The van der Waals surface area contributed by atoms with E-state index in [1.54, 1.807) is 13.2 Å². The zero-order valence-corrected chi connectivity index (χ0v) is 9.70. The minimum Gasteiger partial charge on any atom is -0.481 e. The first kappa shape index (κ1) is 12.2. The number of ether oxygens (including phenoxy) is 3. The van der Waals surface area contributed by atoms with Crippen LogP contribution in [0.4, 0.5) is 0 Å². The van der Waals surface area contributed by atoms with Crippen LogP contribution < -0.4 is 4.74 Å². The highest BCUT2D eigenvalue weighted by Crippen LogP contribution is 2.12. The molecule has 0 aliphatic carbocycles. The van der Waals surface area contributed by atoms with Gasteiger partial charge in [0.15, 0.2) is 0 Å². The molecule has 2 atom stereocenters. The molecule has 0 amide bonds. The smallest absolute Gasteiger partial charge is 0.216 e. The van der Waals surface area contributed by atoms with E-state index in [1.165, 1.54) is 6.33 Å². The van der Waals surface area contributed by atoms with E-state index in [4.69, 9.17) is 14.2 Å². The van der Waals surface area contributed by atoms with Crippen LogP contribution in [0.25, 0.3) is 0 Å². The largest absolute Gasteiger partial charge is 0.481 e. The molecule has 6 heteroatoms. The van der Waals surface area contributed by atoms with E-state index >= 15 is 0 Å². The lowest BCUT2D eigenvalue weighted by atomic mass is 10.1. The van der Waals surface area contributed by atoms with Gasteiger partial charge in [-0.15, -0.1) is 0 Å². The summed E-state index contributed by atoms with van der Waals surface area (Å²) < 4.78 is 15.7. The van der Waals surface area contributed by atoms with Crippen LogP contribution in [0.1, 0.15) is 5.69 Å². The van der Waals surface area contributed by atoms with Crippen LogP contribution in [-0.2, 0) is 15.9 Å². The lowest BCUT2D eigenvalue weighted by molar-refractivity contribution is -0.131. The molecule has 2 unspecified atom stereocenters. The van der Waals surface area contributed by atoms with Gasteiger partial charge in [0.1, 0.15) is 12.4 Å². The Balaban J connectivity index is 1.94. The quantitative estimate of drug-likeness (QED) is 0.786. The maximum atomic E-state index is 9.98. The molecule has 1 aromatic rings. The summed E-state index contributed by atoms with van der Waals surface area (Å²) in [5.74, 6) is 0.489. The van der Waals surface area contributed by atoms with Gasteiger partial charge in [-0.05, 0) is 0 Å². The average Bonchev–Trinajstić information content (AvgIpc) is 2.40. The SMILES string of the molecule is COc1cc(CC(O)C2COCCO2)ncn1. The third kappa shape index (κ3) is 3.36. The Kier molecular flexibility index (Phi) is 4.24. The van der Waals surface area contributed by atoms with Gasteiger partial charge in [0.05, 0.1) is 38.7 Å². The van der Waals surface area contributed by atoms with Crippen molar-refractivity contribution < 1.29 is 19.3 Å². The zero-order chi connectivity index (χ0) is 12.1. The fourth-order valence-corrected chi connectivity index (χ4v) is 1.67. The molecule has 0 radical (unpaired) electrons. The maximum Gasteiger partial charge on any atom is 0.216 e. The van der Waals surface area contributed by atoms with E-state index in [0.717, 1.165) is 5.69 Å². The van der Waals surface area contributed by atoms with Gasteiger partial charge in [0.25, 0.3) is 0 Å². The second kappa shape index (κ2) is 5.90. The summed E-state index contributed by atoms with van der Waals surface area (Å²) in [4.78, 5) is 7.98. The van der Waals surface area contributed by atoms with Crippen LogP contribution in [0.15, 0.2) is 12.4 Å². The fourth-order valence-electron chi connectivity index (χ4n) is 1.67. The number of hydrogen-bond donors (Lipinski definition) is 1. The second-order valence-electron chi connectivity index (χ2n) is 3.81. The first-order chi connectivity index (χ1) is 8.29. The molecule has 17 heavy (non-hydrogen) atoms. The van der Waals surface area contributed by atoms with Gasteiger partial charge in [0, 0.05) is 12.5 Å². The van der Waals surface area contributed by atoms with Crippen molar-refractivity contribution in [2.45, 2.75) is 18.6 Å². The second-order valence-corrected chi connectivity index (χ2v) is 3.81. The Morgan fingerprint density at radius 2 is 2.41 bits per heavy atom. The molecule has 2 rings (SSSR count). The monoisotopic (exact) mass is 240 g/mol. The van der Waals surface area contributed by atoms with Gasteiger partial charge in [-0.3, -0.25) is 0 Å². The molecule has 0 bridgehead atoms. The molecular weight excluding hydrogens is 224 g/mol. The van der Waals surface area contributed by atoms with Crippen molar-refractivity contribution in [1.82, 2.24) is 9.97 Å². The Labute approximate surface area is 99.6 Å². The molecule has 1 aliphatic heterocycles. The van der Waals surface area contributed by atoms with Crippen LogP contribution in [0.2, 0.25) is 0 Å². The van der Waals surface area contributed by atoms with Crippen molar-refractivity contribution in [3.8, 4) is 5.88 Å². The maximum absolute atomic E-state index is 9.98. The Morgan fingerprint density at radius 1 is 1.53 bits per heavy atom. The van der Waals surface area contributed by atoms with E-state index in [0.29, 0.717) is 32.1 Å². The van der Waals surface area contributed by atoms with Crippen LogP contribution in [0.5, 0.6) is 5.88 Å². The summed E-state index contributed by atoms with van der Waals surface area (Å²) in [5.41, 5.74) is 0.721. The topological polar surface area (TPSA) is 73.7 Å². The fraction of sp³-hybridized carbons (Fsp3) is 0.636. The predicted octanol–water partition coefficient (Wildman–Crippen LogP) is -0.196. The van der Waals surface area contributed by atoms with Gasteiger partial charge in [-0.25, -0.2) is 9.97 Å². The molecule has 94 valence electrons. The first-order valence-electron chi connectivity index (χ1n) is 5.52. The average molecular weight is 240 g/mol. The molecule has 0 saturated carbocycles. The number of nitrogens with zero attached hydrogens (tertiary/aromatic N) is 2. The molecule has 1 N–H and O–H groups in total. The van der Waals surface area contributed by atoms with Crippen molar-refractivity contribution in [2.75, 3.05) is 26.9 Å². The van der Waals surface area contributed by atoms with Crippen molar-refractivity contribution in [3.63, 3.8) is 0 Å². The van der Waals surface area contributed by atoms with E-state index in [1.807, 2.05) is 0 Å². The number of aliphatic hydroxyl groups is 1. The van der Waals surface area contributed by atoms with Crippen LogP contribution in [-0.4, -0.2) is 54.2 Å². The van der Waals surface area contributed by atoms with Gasteiger partial charge < -0.3 is 19.3 Å². The van der Waals surface area contributed by atoms with Crippen LogP contribution >= 0.6 is 0 Å². The third-order valence-electron chi connectivity index (χ3n) is 2.60. The zero-order valence-electron chi connectivity index (χ0n) is 9.70. The van der Waals surface area contributed by atoms with Crippen molar-refractivity contribution >= 4 is 0 Å². The van der Waals surface area contributed by atoms with E-state index in [9.17, 15) is 5.11 Å². The molecule has 6 nitrogen and oxygen atoms in total. The van der Waals surface area contributed by atoms with Gasteiger partial charge in [-0.2, -0.15) is 0 Å². The van der Waals surface area contributed by atoms with E-state index in [-0.39, 0.29) is 6.10 Å². The van der Waals surface area contributed by atoms with Gasteiger partial charge >= 0.3 is 0 Å². The van der Waals surface area contributed by atoms with Crippen LogP contribution in [0, 0.1) is 0 Å². The first-order valence-corrected chi connectivity index (χ1v) is 5.52. The predicted molar refractivity (Wildman–Crippen MR) is 58.9 cm³/mol. The van der Waals surface area contributed by atoms with Crippen molar-refractivity contribution in [2.24, 2.45) is 0 Å². The molecule has 2 heterocycles. The summed E-state index contributed by atoms with van der Waals surface area (Å²) >= 11 is 0. The minimum atomic E-state index is -0.630. The van der Waals surface area contributed by atoms with E-state index < -0.39 is 6.10 Å². The molecule has 1 saturated heterocycles. The number of methoxy groups -OCH3 is 1. The number of aromatic nitrogens is 2. The Morgan fingerprint density at radius 3 is 3.12 bits per heavy atom. The van der Waals surface area contributed by atoms with Gasteiger partial charge in [-0.1, -0.05) is 0 Å². The molecule has 1 fully saturated rings. The summed E-state index contributed by atoms with van der Waals surface area (Å²) in [7, 11) is 1.54.